The molecule has 37 heavy (non-hydrogen) atoms. The molecule has 0 saturated carbocycles. The minimum absolute atomic E-state index is 0.719. The van der Waals surface area contributed by atoms with Crippen LogP contribution in [0.25, 0.3) is 55.8 Å². The van der Waals surface area contributed by atoms with Crippen molar-refractivity contribution in [2.75, 3.05) is 13.1 Å². The van der Waals surface area contributed by atoms with Crippen LogP contribution in [0.15, 0.2) is 73.4 Å². The molecule has 2 N–H and O–H groups in total. The molecule has 0 radical (unpaired) electrons. The lowest BCUT2D eigenvalue weighted by atomic mass is 10.1. The lowest BCUT2D eigenvalue weighted by Crippen LogP contribution is -2.29. The van der Waals surface area contributed by atoms with Crippen molar-refractivity contribution >= 4 is 21.9 Å². The van der Waals surface area contributed by atoms with Crippen LogP contribution in [0.5, 0.6) is 0 Å². The first kappa shape index (κ1) is 21.8. The molecule has 5 aromatic heterocycles. The summed E-state index contributed by atoms with van der Waals surface area (Å²) in [5.41, 5.74) is 8.74. The lowest BCUT2D eigenvalue weighted by Gasteiger charge is -2.26. The van der Waals surface area contributed by atoms with E-state index in [0.717, 1.165) is 75.5 Å². The monoisotopic (exact) mass is 486 g/mol. The zero-order valence-electron chi connectivity index (χ0n) is 20.4. The minimum atomic E-state index is 0.719. The standard InChI is InChI=1S/C29H26N8/c1-2-11-37(12-3-1)18-19-13-21(16-31-15-19)25-14-23-26(17-32-25)35-36-28(23)29-33-24-6-4-5-22(27(24)34-29)20-7-9-30-10-8-20/h4-10,13-17H,1-3,11-12,18H2,(H,33,34)(H,35,36). The number of likely N-dealkylation sites (tertiary alicyclic amines) is 1. The van der Waals surface area contributed by atoms with Gasteiger partial charge < -0.3 is 4.98 Å². The summed E-state index contributed by atoms with van der Waals surface area (Å²) in [5.74, 6) is 0.719. The maximum absolute atomic E-state index is 4.97. The topological polar surface area (TPSA) is 99.3 Å². The number of benzene rings is 1. The second-order valence-corrected chi connectivity index (χ2v) is 9.63. The maximum Gasteiger partial charge on any atom is 0.159 e. The highest BCUT2D eigenvalue weighted by atomic mass is 15.1. The number of piperidine rings is 1. The number of para-hydroxylation sites is 1. The minimum Gasteiger partial charge on any atom is -0.337 e. The zero-order chi connectivity index (χ0) is 24.6. The van der Waals surface area contributed by atoms with Gasteiger partial charge in [0.1, 0.15) is 5.69 Å². The SMILES string of the molecule is c1cc(-c2ccncc2)c2nc(-c3n[nH]c4cnc(-c5cncc(CN6CCCCC6)c5)cc34)[nH]c2c1. The summed E-state index contributed by atoms with van der Waals surface area (Å²) in [4.78, 5) is 24.3. The Bertz CT molecular complexity index is 1700. The molecule has 0 amide bonds. The van der Waals surface area contributed by atoms with Gasteiger partial charge in [0.15, 0.2) is 5.82 Å². The van der Waals surface area contributed by atoms with Crippen molar-refractivity contribution in [3.63, 3.8) is 0 Å². The van der Waals surface area contributed by atoms with Gasteiger partial charge in [0.2, 0.25) is 0 Å². The molecular formula is C29H26N8. The molecule has 8 heteroatoms. The van der Waals surface area contributed by atoms with E-state index < -0.39 is 0 Å². The van der Waals surface area contributed by atoms with Crippen LogP contribution in [0.2, 0.25) is 0 Å². The second kappa shape index (κ2) is 9.22. The number of fused-ring (bicyclic) bond motifs is 2. The molecule has 0 aliphatic carbocycles. The molecule has 1 aliphatic heterocycles. The Balaban J connectivity index is 1.26. The molecule has 1 aliphatic rings. The molecule has 1 aromatic carbocycles. The van der Waals surface area contributed by atoms with E-state index in [1.807, 2.05) is 42.9 Å². The molecule has 6 aromatic rings. The van der Waals surface area contributed by atoms with Crippen molar-refractivity contribution < 1.29 is 0 Å². The number of nitrogens with one attached hydrogen (secondary N) is 2. The third-order valence-corrected chi connectivity index (χ3v) is 7.12. The fourth-order valence-electron chi connectivity index (χ4n) is 5.25. The van der Waals surface area contributed by atoms with E-state index in [4.69, 9.17) is 9.97 Å². The van der Waals surface area contributed by atoms with Gasteiger partial charge in [-0.3, -0.25) is 25.0 Å². The third kappa shape index (κ3) is 4.15. The van der Waals surface area contributed by atoms with Crippen LogP contribution < -0.4 is 0 Å². The summed E-state index contributed by atoms with van der Waals surface area (Å²) in [6.45, 7) is 3.25. The number of imidazole rings is 1. The van der Waals surface area contributed by atoms with E-state index in [1.165, 1.54) is 24.8 Å². The number of rotatable bonds is 5. The molecule has 0 spiro atoms. The largest absolute Gasteiger partial charge is 0.337 e. The van der Waals surface area contributed by atoms with Crippen LogP contribution in [0.4, 0.5) is 0 Å². The third-order valence-electron chi connectivity index (χ3n) is 7.12. The fraction of sp³-hybridized carbons (Fsp3) is 0.207. The number of nitrogens with zero attached hydrogens (tertiary/aromatic N) is 6. The van der Waals surface area contributed by atoms with E-state index in [-0.39, 0.29) is 0 Å². The van der Waals surface area contributed by atoms with Gasteiger partial charge >= 0.3 is 0 Å². The van der Waals surface area contributed by atoms with Crippen molar-refractivity contribution in [1.82, 2.24) is 40.0 Å². The average molecular weight is 487 g/mol. The number of hydrogen-bond donors (Lipinski definition) is 2. The maximum atomic E-state index is 4.97. The van der Waals surface area contributed by atoms with Gasteiger partial charge in [-0.1, -0.05) is 18.6 Å². The van der Waals surface area contributed by atoms with Crippen molar-refractivity contribution in [3.05, 3.63) is 79.0 Å². The first-order chi connectivity index (χ1) is 18.3. The summed E-state index contributed by atoms with van der Waals surface area (Å²) in [6, 6.07) is 14.4. The van der Waals surface area contributed by atoms with E-state index >= 15 is 0 Å². The van der Waals surface area contributed by atoms with Gasteiger partial charge in [-0.15, -0.1) is 0 Å². The Morgan fingerprint density at radius 1 is 0.838 bits per heavy atom. The number of aromatic amines is 2. The molecule has 7 rings (SSSR count). The summed E-state index contributed by atoms with van der Waals surface area (Å²) < 4.78 is 0. The zero-order valence-corrected chi connectivity index (χ0v) is 20.4. The summed E-state index contributed by atoms with van der Waals surface area (Å²) >= 11 is 0. The van der Waals surface area contributed by atoms with Crippen molar-refractivity contribution in [2.24, 2.45) is 0 Å². The molecule has 0 atom stereocenters. The van der Waals surface area contributed by atoms with Crippen molar-refractivity contribution in [1.29, 1.82) is 0 Å². The first-order valence-electron chi connectivity index (χ1n) is 12.7. The van der Waals surface area contributed by atoms with Crippen LogP contribution in [-0.2, 0) is 6.54 Å². The number of H-pyrrole nitrogens is 2. The predicted octanol–water partition coefficient (Wildman–Crippen LogP) is 5.61. The molecule has 1 fully saturated rings. The highest BCUT2D eigenvalue weighted by Crippen LogP contribution is 2.32. The molecule has 6 heterocycles. The summed E-state index contributed by atoms with van der Waals surface area (Å²) in [5, 5.41) is 8.69. The van der Waals surface area contributed by atoms with E-state index in [9.17, 15) is 0 Å². The van der Waals surface area contributed by atoms with E-state index in [2.05, 4.69) is 48.2 Å². The van der Waals surface area contributed by atoms with Gasteiger partial charge in [0, 0.05) is 47.8 Å². The molecule has 8 nitrogen and oxygen atoms in total. The highest BCUT2D eigenvalue weighted by Gasteiger charge is 2.17. The molecule has 1 saturated heterocycles. The second-order valence-electron chi connectivity index (χ2n) is 9.63. The number of hydrogen-bond acceptors (Lipinski definition) is 6. The van der Waals surface area contributed by atoms with Crippen molar-refractivity contribution in [3.8, 4) is 33.9 Å². The quantitative estimate of drug-likeness (QED) is 0.329. The normalized spacial score (nSPS) is 14.5. The smallest absolute Gasteiger partial charge is 0.159 e. The van der Waals surface area contributed by atoms with Crippen LogP contribution in [0.1, 0.15) is 24.8 Å². The van der Waals surface area contributed by atoms with Gasteiger partial charge in [-0.25, -0.2) is 4.98 Å². The lowest BCUT2D eigenvalue weighted by molar-refractivity contribution is 0.220. The van der Waals surface area contributed by atoms with Crippen LogP contribution in [0.3, 0.4) is 0 Å². The Hall–Kier alpha value is -4.43. The van der Waals surface area contributed by atoms with Gasteiger partial charge in [0.25, 0.3) is 0 Å². The van der Waals surface area contributed by atoms with E-state index in [0.29, 0.717) is 0 Å². The Kier molecular flexibility index (Phi) is 5.44. The predicted molar refractivity (Wildman–Crippen MR) is 145 cm³/mol. The summed E-state index contributed by atoms with van der Waals surface area (Å²) in [7, 11) is 0. The Labute approximate surface area is 213 Å². The van der Waals surface area contributed by atoms with Crippen LogP contribution in [0, 0.1) is 0 Å². The highest BCUT2D eigenvalue weighted by molar-refractivity contribution is 5.97. The molecule has 0 unspecified atom stereocenters. The van der Waals surface area contributed by atoms with E-state index in [1.54, 1.807) is 12.4 Å². The Morgan fingerprint density at radius 2 is 1.73 bits per heavy atom. The van der Waals surface area contributed by atoms with Crippen LogP contribution in [-0.4, -0.2) is 53.1 Å². The van der Waals surface area contributed by atoms with Gasteiger partial charge in [-0.05, 0) is 67.4 Å². The average Bonchev–Trinajstić information content (AvgIpc) is 3.58. The number of aromatic nitrogens is 7. The number of pyridine rings is 3. The van der Waals surface area contributed by atoms with Gasteiger partial charge in [0.05, 0.1) is 28.4 Å². The first-order valence-corrected chi connectivity index (χ1v) is 12.7. The molecular weight excluding hydrogens is 460 g/mol. The van der Waals surface area contributed by atoms with Crippen molar-refractivity contribution in [2.45, 2.75) is 25.8 Å². The Morgan fingerprint density at radius 3 is 2.62 bits per heavy atom. The van der Waals surface area contributed by atoms with Crippen LogP contribution >= 0.6 is 0 Å². The molecule has 182 valence electrons. The fourth-order valence-corrected chi connectivity index (χ4v) is 5.25. The molecule has 0 bridgehead atoms. The van der Waals surface area contributed by atoms with Gasteiger partial charge in [-0.2, -0.15) is 5.10 Å². The summed E-state index contributed by atoms with van der Waals surface area (Å²) in [6.07, 6.45) is 13.2.